The Morgan fingerprint density at radius 3 is 2.18 bits per heavy atom. The van der Waals surface area contributed by atoms with Crippen LogP contribution in [0.5, 0.6) is 34.5 Å². The molecular weight excluding hydrogens is 697 g/mol. The van der Waals surface area contributed by atoms with E-state index in [2.05, 4.69) is 10.5 Å². The van der Waals surface area contributed by atoms with Crippen LogP contribution in [0.1, 0.15) is 18.1 Å². The number of nitrogens with one attached hydrogen (secondary N) is 1. The summed E-state index contributed by atoms with van der Waals surface area (Å²) in [6, 6.07) is 18.9. The van der Waals surface area contributed by atoms with E-state index in [-0.39, 0.29) is 28.7 Å². The maximum absolute atomic E-state index is 14.1. The molecule has 0 aliphatic heterocycles. The van der Waals surface area contributed by atoms with E-state index < -0.39 is 22.5 Å². The van der Waals surface area contributed by atoms with E-state index in [0.29, 0.717) is 45.2 Å². The normalized spacial score (nSPS) is 11.2. The molecule has 12 nitrogen and oxygen atoms in total. The third kappa shape index (κ3) is 9.19. The van der Waals surface area contributed by atoms with Crippen molar-refractivity contribution in [1.82, 2.24) is 5.43 Å². The molecule has 260 valence electrons. The van der Waals surface area contributed by atoms with E-state index in [9.17, 15) is 13.2 Å². The van der Waals surface area contributed by atoms with Gasteiger partial charge in [0, 0.05) is 27.7 Å². The topological polar surface area (TPSA) is 134 Å². The van der Waals surface area contributed by atoms with E-state index in [4.69, 9.17) is 51.6 Å². The number of halogens is 2. The van der Waals surface area contributed by atoms with E-state index in [1.165, 1.54) is 65.0 Å². The zero-order valence-corrected chi connectivity index (χ0v) is 29.7. The van der Waals surface area contributed by atoms with Gasteiger partial charge in [-0.2, -0.15) is 5.10 Å². The second-order valence-corrected chi connectivity index (χ2v) is 12.7. The Kier molecular flexibility index (Phi) is 12.8. The highest BCUT2D eigenvalue weighted by Crippen LogP contribution is 2.37. The first kappa shape index (κ1) is 37.0. The van der Waals surface area contributed by atoms with Crippen molar-refractivity contribution in [2.45, 2.75) is 18.4 Å². The molecule has 0 spiro atoms. The summed E-state index contributed by atoms with van der Waals surface area (Å²) in [6.07, 6.45) is 1.39. The van der Waals surface area contributed by atoms with Crippen molar-refractivity contribution in [3.8, 4) is 34.5 Å². The highest BCUT2D eigenvalue weighted by atomic mass is 35.5. The van der Waals surface area contributed by atoms with E-state index in [1.54, 1.807) is 42.5 Å². The Bertz CT molecular complexity index is 1920. The summed E-state index contributed by atoms with van der Waals surface area (Å²) >= 11 is 12.3. The number of rotatable bonds is 16. The van der Waals surface area contributed by atoms with Crippen molar-refractivity contribution in [1.29, 1.82) is 0 Å². The SMILES string of the molecule is CCOc1cc(/C=N\NC(=O)CN(c2cc(OC)ccc2OC)S(=O)(=O)c2ccc(OC)c(OC)c2)ccc1OCc1ccc(Cl)cc1Cl. The molecule has 0 atom stereocenters. The molecule has 49 heavy (non-hydrogen) atoms. The van der Waals surface area contributed by atoms with Crippen LogP contribution in [0.3, 0.4) is 0 Å². The number of hydrogen-bond donors (Lipinski definition) is 1. The summed E-state index contributed by atoms with van der Waals surface area (Å²) < 4.78 is 62.1. The van der Waals surface area contributed by atoms with Gasteiger partial charge >= 0.3 is 0 Å². The van der Waals surface area contributed by atoms with Crippen molar-refractivity contribution in [3.05, 3.63) is 94.0 Å². The van der Waals surface area contributed by atoms with E-state index in [1.807, 2.05) is 6.92 Å². The lowest BCUT2D eigenvalue weighted by Gasteiger charge is -2.26. The van der Waals surface area contributed by atoms with Crippen LogP contribution in [0.2, 0.25) is 10.0 Å². The number of ether oxygens (including phenoxy) is 6. The summed E-state index contributed by atoms with van der Waals surface area (Å²) in [5.74, 6) is 1.22. The van der Waals surface area contributed by atoms with E-state index >= 15 is 0 Å². The summed E-state index contributed by atoms with van der Waals surface area (Å²) in [5, 5.41) is 5.05. The average molecular weight is 733 g/mol. The number of carbonyl (C=O) groups excluding carboxylic acids is 1. The van der Waals surface area contributed by atoms with Crippen LogP contribution in [0.15, 0.2) is 82.8 Å². The molecule has 4 aromatic rings. The Balaban J connectivity index is 1.57. The fourth-order valence-corrected chi connectivity index (χ4v) is 6.43. The molecule has 1 N–H and O–H groups in total. The molecule has 0 saturated carbocycles. The number of nitrogens with zero attached hydrogens (tertiary/aromatic N) is 2. The Labute approximate surface area is 295 Å². The minimum Gasteiger partial charge on any atom is -0.497 e. The van der Waals surface area contributed by atoms with Gasteiger partial charge in [-0.25, -0.2) is 13.8 Å². The van der Waals surface area contributed by atoms with Crippen molar-refractivity contribution in [2.24, 2.45) is 5.10 Å². The van der Waals surface area contributed by atoms with Gasteiger partial charge in [-0.1, -0.05) is 29.3 Å². The smallest absolute Gasteiger partial charge is 0.265 e. The zero-order chi connectivity index (χ0) is 35.6. The molecule has 0 heterocycles. The van der Waals surface area contributed by atoms with Gasteiger partial charge in [0.25, 0.3) is 15.9 Å². The number of benzene rings is 4. The number of methoxy groups -OCH3 is 4. The minimum atomic E-state index is -4.38. The molecule has 0 aliphatic carbocycles. The van der Waals surface area contributed by atoms with Crippen LogP contribution in [0.25, 0.3) is 0 Å². The van der Waals surface area contributed by atoms with E-state index in [0.717, 1.165) is 9.87 Å². The van der Waals surface area contributed by atoms with Gasteiger partial charge < -0.3 is 28.4 Å². The van der Waals surface area contributed by atoms with Crippen molar-refractivity contribution < 1.29 is 41.6 Å². The molecule has 0 saturated heterocycles. The zero-order valence-electron chi connectivity index (χ0n) is 27.4. The first-order valence-corrected chi connectivity index (χ1v) is 16.9. The highest BCUT2D eigenvalue weighted by molar-refractivity contribution is 7.92. The molecule has 15 heteroatoms. The summed E-state index contributed by atoms with van der Waals surface area (Å²) in [4.78, 5) is 13.1. The summed E-state index contributed by atoms with van der Waals surface area (Å²) in [6.45, 7) is 1.72. The summed E-state index contributed by atoms with van der Waals surface area (Å²) in [7, 11) is 1.26. The lowest BCUT2D eigenvalue weighted by atomic mass is 10.2. The van der Waals surface area contributed by atoms with Gasteiger partial charge in [0.1, 0.15) is 24.7 Å². The number of amides is 1. The quantitative estimate of drug-likeness (QED) is 0.103. The number of sulfonamides is 1. The Morgan fingerprint density at radius 1 is 0.796 bits per heavy atom. The number of anilines is 1. The van der Waals surface area contributed by atoms with Gasteiger partial charge in [-0.15, -0.1) is 0 Å². The van der Waals surface area contributed by atoms with Crippen molar-refractivity contribution >= 4 is 51.0 Å². The molecular formula is C34H35Cl2N3O9S. The third-order valence-corrected chi connectivity index (χ3v) is 9.30. The van der Waals surface area contributed by atoms with Gasteiger partial charge in [0.15, 0.2) is 23.0 Å². The van der Waals surface area contributed by atoms with Crippen molar-refractivity contribution in [2.75, 3.05) is 45.9 Å². The maximum Gasteiger partial charge on any atom is 0.265 e. The van der Waals surface area contributed by atoms with Crippen molar-refractivity contribution in [3.63, 3.8) is 0 Å². The monoisotopic (exact) mass is 731 g/mol. The highest BCUT2D eigenvalue weighted by Gasteiger charge is 2.31. The molecule has 0 aromatic heterocycles. The maximum atomic E-state index is 14.1. The lowest BCUT2D eigenvalue weighted by Crippen LogP contribution is -2.39. The second-order valence-electron chi connectivity index (χ2n) is 10.0. The molecule has 4 aromatic carbocycles. The van der Waals surface area contributed by atoms with Gasteiger partial charge in [-0.3, -0.25) is 9.10 Å². The third-order valence-electron chi connectivity index (χ3n) is 6.95. The van der Waals surface area contributed by atoms with Gasteiger partial charge in [0.05, 0.1) is 51.8 Å². The molecule has 0 radical (unpaired) electrons. The van der Waals surface area contributed by atoms with Crippen LogP contribution in [-0.2, 0) is 21.4 Å². The molecule has 0 bridgehead atoms. The molecule has 4 rings (SSSR count). The Morgan fingerprint density at radius 2 is 1.51 bits per heavy atom. The summed E-state index contributed by atoms with van der Waals surface area (Å²) in [5.41, 5.74) is 3.78. The predicted octanol–water partition coefficient (Wildman–Crippen LogP) is 6.35. The molecule has 0 aliphatic rings. The fraction of sp³-hybridized carbons (Fsp3) is 0.235. The lowest BCUT2D eigenvalue weighted by molar-refractivity contribution is -0.119. The Hall–Kier alpha value is -4.85. The number of hydrogen-bond acceptors (Lipinski definition) is 10. The van der Waals surface area contributed by atoms with Gasteiger partial charge in [-0.05, 0) is 67.1 Å². The number of hydrazone groups is 1. The number of carbonyl (C=O) groups is 1. The minimum absolute atomic E-state index is 0.0626. The molecule has 0 fully saturated rings. The molecule has 0 unspecified atom stereocenters. The largest absolute Gasteiger partial charge is 0.497 e. The first-order chi connectivity index (χ1) is 23.5. The van der Waals surface area contributed by atoms with Gasteiger partial charge in [0.2, 0.25) is 0 Å². The first-order valence-electron chi connectivity index (χ1n) is 14.7. The van der Waals surface area contributed by atoms with Crippen LogP contribution in [0.4, 0.5) is 5.69 Å². The average Bonchev–Trinajstić information content (AvgIpc) is 3.10. The fourth-order valence-electron chi connectivity index (χ4n) is 4.53. The van der Waals surface area contributed by atoms with Crippen LogP contribution < -0.4 is 38.2 Å². The molecule has 1 amide bonds. The predicted molar refractivity (Wildman–Crippen MR) is 188 cm³/mol. The van der Waals surface area contributed by atoms with Crippen LogP contribution in [-0.4, -0.2) is 62.1 Å². The van der Waals surface area contributed by atoms with Crippen LogP contribution in [0, 0.1) is 0 Å². The second kappa shape index (κ2) is 17.0. The van der Waals surface area contributed by atoms with Crippen LogP contribution >= 0.6 is 23.2 Å². The standard InChI is InChI=1S/C34H35Cl2N3O9S/c1-6-47-33-15-22(7-12-31(33)48-21-23-8-9-24(35)16-27(23)36)19-37-38-34(40)20-39(28-17-25(43-2)10-13-29(28)44-3)49(41,42)26-11-14-30(45-4)32(18-26)46-5/h7-19H,6,20-21H2,1-5H3,(H,38,40)/b37-19-.